The summed E-state index contributed by atoms with van der Waals surface area (Å²) in [6.45, 7) is 2.27. The number of aromatic nitrogens is 2. The molecule has 9 heteroatoms. The first kappa shape index (κ1) is 17.1. The predicted octanol–water partition coefficient (Wildman–Crippen LogP) is 1.97. The Labute approximate surface area is 135 Å². The van der Waals surface area contributed by atoms with Crippen molar-refractivity contribution in [3.8, 4) is 5.75 Å². The van der Waals surface area contributed by atoms with E-state index in [9.17, 15) is 4.57 Å². The third kappa shape index (κ3) is 5.43. The average molecular weight is 337 g/mol. The fourth-order valence-electron chi connectivity index (χ4n) is 1.71. The van der Waals surface area contributed by atoms with Gasteiger partial charge in [0.2, 0.25) is 0 Å². The summed E-state index contributed by atoms with van der Waals surface area (Å²) in [4.78, 5) is 7.78. The highest BCUT2D eigenvalue weighted by Crippen LogP contribution is 2.27. The van der Waals surface area contributed by atoms with Gasteiger partial charge in [-0.2, -0.15) is 0 Å². The molecule has 2 atom stereocenters. The van der Waals surface area contributed by atoms with Gasteiger partial charge in [0.1, 0.15) is 24.1 Å². The van der Waals surface area contributed by atoms with Crippen LogP contribution in [0.3, 0.4) is 0 Å². The molecule has 1 heterocycles. The minimum Gasteiger partial charge on any atom is -0.443 e. The van der Waals surface area contributed by atoms with E-state index in [0.717, 1.165) is 0 Å². The largest absolute Gasteiger partial charge is 0.443 e. The number of hydrogen-bond donors (Lipinski definition) is 3. The Morgan fingerprint density at radius 2 is 2.00 bits per heavy atom. The van der Waals surface area contributed by atoms with Crippen LogP contribution in [0.2, 0.25) is 0 Å². The molecule has 0 saturated heterocycles. The van der Waals surface area contributed by atoms with Crippen molar-refractivity contribution >= 4 is 25.4 Å². The average Bonchev–Trinajstić information content (AvgIpc) is 2.55. The molecular formula is C14H20N5O3P. The van der Waals surface area contributed by atoms with Crippen LogP contribution >= 0.6 is 8.03 Å². The number of nitrogen functional groups attached to an aromatic ring is 2. The third-order valence-electron chi connectivity index (χ3n) is 2.93. The lowest BCUT2D eigenvalue weighted by Crippen LogP contribution is -2.21. The second-order valence-corrected chi connectivity index (χ2v) is 6.05. The van der Waals surface area contributed by atoms with Crippen LogP contribution in [0.5, 0.6) is 5.75 Å². The summed E-state index contributed by atoms with van der Waals surface area (Å²) in [6, 6.07) is 8.98. The van der Waals surface area contributed by atoms with Crippen molar-refractivity contribution < 1.29 is 13.8 Å². The van der Waals surface area contributed by atoms with Crippen LogP contribution in [-0.4, -0.2) is 29.0 Å². The summed E-state index contributed by atoms with van der Waals surface area (Å²) in [5.41, 5.74) is 11.6. The first-order valence-corrected chi connectivity index (χ1v) is 8.55. The molecule has 0 aliphatic rings. The standard InChI is InChI=1S/C14H20N5O3P/c1-10(7-17-14-12(15)13(16)18-8-19-14)21-9-23(20)22-11-5-3-2-4-6-11/h2-6,8,10,23H,7,9,15H2,1H3,(H3,16,17,18,19)/t10-/m1/s1. The number of hydrogen-bond acceptors (Lipinski definition) is 8. The molecule has 0 bridgehead atoms. The molecule has 0 saturated carbocycles. The van der Waals surface area contributed by atoms with E-state index in [1.54, 1.807) is 12.1 Å². The summed E-state index contributed by atoms with van der Waals surface area (Å²) in [7, 11) is -2.30. The fraction of sp³-hybridized carbons (Fsp3) is 0.286. The first-order valence-electron chi connectivity index (χ1n) is 7.03. The maximum absolute atomic E-state index is 11.9. The number of nitrogens with two attached hydrogens (primary N) is 2. The van der Waals surface area contributed by atoms with Crippen molar-refractivity contribution in [1.29, 1.82) is 0 Å². The number of nitrogens with one attached hydrogen (secondary N) is 1. The summed E-state index contributed by atoms with van der Waals surface area (Å²) in [6.07, 6.45) is 1.15. The zero-order valence-electron chi connectivity index (χ0n) is 12.7. The molecule has 0 fully saturated rings. The number of benzene rings is 1. The molecule has 0 aliphatic carbocycles. The lowest BCUT2D eigenvalue weighted by atomic mass is 10.3. The van der Waals surface area contributed by atoms with E-state index in [1.807, 2.05) is 25.1 Å². The van der Waals surface area contributed by atoms with Crippen LogP contribution in [-0.2, 0) is 9.30 Å². The minimum absolute atomic E-state index is 0.0316. The van der Waals surface area contributed by atoms with Gasteiger partial charge in [0.05, 0.1) is 6.10 Å². The van der Waals surface area contributed by atoms with E-state index >= 15 is 0 Å². The van der Waals surface area contributed by atoms with Crippen LogP contribution in [0.1, 0.15) is 6.92 Å². The van der Waals surface area contributed by atoms with Crippen LogP contribution in [0.4, 0.5) is 17.3 Å². The molecular weight excluding hydrogens is 317 g/mol. The Balaban J connectivity index is 1.73. The van der Waals surface area contributed by atoms with Gasteiger partial charge in [-0.05, 0) is 19.1 Å². The van der Waals surface area contributed by atoms with E-state index < -0.39 is 8.03 Å². The molecule has 8 nitrogen and oxygen atoms in total. The van der Waals surface area contributed by atoms with E-state index in [4.69, 9.17) is 20.7 Å². The Bertz CT molecular complexity index is 656. The number of anilines is 3. The molecule has 0 aliphatic heterocycles. The molecule has 5 N–H and O–H groups in total. The maximum Gasteiger partial charge on any atom is 0.261 e. The zero-order chi connectivity index (χ0) is 16.7. The predicted molar refractivity (Wildman–Crippen MR) is 90.8 cm³/mol. The second kappa shape index (κ2) is 8.36. The van der Waals surface area contributed by atoms with Crippen molar-refractivity contribution in [2.45, 2.75) is 13.0 Å². The van der Waals surface area contributed by atoms with Gasteiger partial charge >= 0.3 is 0 Å². The van der Waals surface area contributed by atoms with Gasteiger partial charge in [0.15, 0.2) is 11.6 Å². The van der Waals surface area contributed by atoms with Crippen molar-refractivity contribution in [1.82, 2.24) is 9.97 Å². The van der Waals surface area contributed by atoms with Gasteiger partial charge in [-0.25, -0.2) is 9.97 Å². The van der Waals surface area contributed by atoms with Crippen LogP contribution in [0.15, 0.2) is 36.7 Å². The molecule has 0 radical (unpaired) electrons. The highest BCUT2D eigenvalue weighted by molar-refractivity contribution is 7.39. The van der Waals surface area contributed by atoms with Gasteiger partial charge in [0.25, 0.3) is 8.03 Å². The quantitative estimate of drug-likeness (QED) is 0.624. The Hall–Kier alpha value is -2.31. The molecule has 2 aromatic rings. The number of nitrogens with zero attached hydrogens (tertiary/aromatic N) is 2. The number of ether oxygens (including phenoxy) is 1. The Morgan fingerprint density at radius 3 is 2.74 bits per heavy atom. The van der Waals surface area contributed by atoms with Gasteiger partial charge < -0.3 is 26.0 Å². The number of rotatable bonds is 8. The molecule has 1 aromatic carbocycles. The van der Waals surface area contributed by atoms with Crippen LogP contribution in [0, 0.1) is 0 Å². The SMILES string of the molecule is C[C@H](CNc1ncnc(N)c1N)OC[PH](=O)Oc1ccccc1. The molecule has 23 heavy (non-hydrogen) atoms. The van der Waals surface area contributed by atoms with E-state index in [0.29, 0.717) is 23.8 Å². The summed E-state index contributed by atoms with van der Waals surface area (Å²) in [5.74, 6) is 1.23. The Morgan fingerprint density at radius 1 is 1.26 bits per heavy atom. The maximum atomic E-state index is 11.9. The highest BCUT2D eigenvalue weighted by atomic mass is 31.1. The van der Waals surface area contributed by atoms with Gasteiger partial charge in [-0.3, -0.25) is 4.57 Å². The van der Waals surface area contributed by atoms with Gasteiger partial charge in [-0.1, -0.05) is 18.2 Å². The fourth-order valence-corrected chi connectivity index (χ4v) is 2.59. The zero-order valence-corrected chi connectivity index (χ0v) is 13.7. The smallest absolute Gasteiger partial charge is 0.261 e. The Kier molecular flexibility index (Phi) is 6.19. The summed E-state index contributed by atoms with van der Waals surface area (Å²) in [5, 5.41) is 3.01. The minimum atomic E-state index is -2.30. The number of para-hydroxylation sites is 1. The summed E-state index contributed by atoms with van der Waals surface area (Å²) < 4.78 is 22.7. The lowest BCUT2D eigenvalue weighted by Gasteiger charge is -2.15. The normalized spacial score (nSPS) is 13.3. The third-order valence-corrected chi connectivity index (χ3v) is 3.80. The van der Waals surface area contributed by atoms with Crippen molar-refractivity contribution in [3.63, 3.8) is 0 Å². The molecule has 1 unspecified atom stereocenters. The van der Waals surface area contributed by atoms with Crippen molar-refractivity contribution in [2.75, 3.05) is 29.7 Å². The second-order valence-electron chi connectivity index (χ2n) is 4.81. The van der Waals surface area contributed by atoms with Crippen LogP contribution in [0.25, 0.3) is 0 Å². The van der Waals surface area contributed by atoms with Gasteiger partial charge in [-0.15, -0.1) is 0 Å². The van der Waals surface area contributed by atoms with Gasteiger partial charge in [0, 0.05) is 6.54 Å². The lowest BCUT2D eigenvalue weighted by molar-refractivity contribution is 0.108. The monoisotopic (exact) mass is 337 g/mol. The van der Waals surface area contributed by atoms with E-state index in [-0.39, 0.29) is 18.3 Å². The van der Waals surface area contributed by atoms with Crippen molar-refractivity contribution in [3.05, 3.63) is 36.7 Å². The van der Waals surface area contributed by atoms with E-state index in [2.05, 4.69) is 15.3 Å². The molecule has 0 amide bonds. The first-order chi connectivity index (χ1) is 11.1. The topological polar surface area (TPSA) is 125 Å². The summed E-state index contributed by atoms with van der Waals surface area (Å²) >= 11 is 0. The molecule has 1 aromatic heterocycles. The van der Waals surface area contributed by atoms with E-state index in [1.165, 1.54) is 6.33 Å². The van der Waals surface area contributed by atoms with Crippen LogP contribution < -0.4 is 21.3 Å². The molecule has 2 rings (SSSR count). The molecule has 124 valence electrons. The molecule has 0 spiro atoms. The van der Waals surface area contributed by atoms with Crippen molar-refractivity contribution in [2.24, 2.45) is 0 Å². The highest BCUT2D eigenvalue weighted by Gasteiger charge is 2.09.